The van der Waals surface area contributed by atoms with E-state index in [0.717, 1.165) is 11.3 Å². The van der Waals surface area contributed by atoms with E-state index in [4.69, 9.17) is 11.5 Å². The minimum absolute atomic E-state index is 0.155. The Bertz CT molecular complexity index is 402. The summed E-state index contributed by atoms with van der Waals surface area (Å²) in [5, 5.41) is 2.61. The van der Waals surface area contributed by atoms with E-state index in [9.17, 15) is 9.59 Å². The molecule has 5 N–H and O–H groups in total. The van der Waals surface area contributed by atoms with Gasteiger partial charge in [-0.05, 0) is 18.6 Å². The fraction of sp³-hybridized carbons (Fsp3) is 0.364. The van der Waals surface area contributed by atoms with Gasteiger partial charge >= 0.3 is 0 Å². The molecule has 6 heteroatoms. The van der Waals surface area contributed by atoms with E-state index >= 15 is 0 Å². The Kier molecular flexibility index (Phi) is 4.59. The van der Waals surface area contributed by atoms with Crippen LogP contribution in [0.25, 0.3) is 0 Å². The van der Waals surface area contributed by atoms with Crippen LogP contribution in [0.4, 0.5) is 0 Å². The summed E-state index contributed by atoms with van der Waals surface area (Å²) in [5.41, 5.74) is 12.2. The van der Waals surface area contributed by atoms with Gasteiger partial charge in [-0.1, -0.05) is 6.07 Å². The fourth-order valence-corrected chi connectivity index (χ4v) is 1.23. The van der Waals surface area contributed by atoms with Crippen LogP contribution in [0.5, 0.6) is 0 Å². The summed E-state index contributed by atoms with van der Waals surface area (Å²) in [5.74, 6) is -0.992. The highest BCUT2D eigenvalue weighted by molar-refractivity contribution is 5.87. The Hall–Kier alpha value is -1.95. The number of hydrogen-bond donors (Lipinski definition) is 3. The van der Waals surface area contributed by atoms with Crippen molar-refractivity contribution in [2.75, 3.05) is 0 Å². The van der Waals surface area contributed by atoms with Gasteiger partial charge < -0.3 is 16.8 Å². The summed E-state index contributed by atoms with van der Waals surface area (Å²) in [7, 11) is 0. The molecule has 6 nitrogen and oxygen atoms in total. The van der Waals surface area contributed by atoms with Crippen LogP contribution in [0.15, 0.2) is 18.3 Å². The number of nitrogens with two attached hydrogens (primary N) is 2. The van der Waals surface area contributed by atoms with Crippen LogP contribution in [0.2, 0.25) is 0 Å². The lowest BCUT2D eigenvalue weighted by Crippen LogP contribution is -2.42. The number of aromatic nitrogens is 1. The highest BCUT2D eigenvalue weighted by Gasteiger charge is 2.15. The van der Waals surface area contributed by atoms with Gasteiger partial charge in [0.15, 0.2) is 0 Å². The van der Waals surface area contributed by atoms with Gasteiger partial charge in [-0.3, -0.25) is 14.6 Å². The molecule has 0 spiro atoms. The minimum Gasteiger partial charge on any atom is -0.370 e. The first-order valence-corrected chi connectivity index (χ1v) is 5.22. The Morgan fingerprint density at radius 1 is 1.47 bits per heavy atom. The zero-order chi connectivity index (χ0) is 12.8. The predicted molar refractivity (Wildman–Crippen MR) is 62.6 cm³/mol. The van der Waals surface area contributed by atoms with E-state index in [-0.39, 0.29) is 6.42 Å². The van der Waals surface area contributed by atoms with Crippen molar-refractivity contribution in [3.8, 4) is 0 Å². The van der Waals surface area contributed by atoms with Gasteiger partial charge in [0.1, 0.15) is 0 Å². The summed E-state index contributed by atoms with van der Waals surface area (Å²) in [4.78, 5) is 26.1. The van der Waals surface area contributed by atoms with Gasteiger partial charge in [-0.25, -0.2) is 0 Å². The second-order valence-corrected chi connectivity index (χ2v) is 3.80. The van der Waals surface area contributed by atoms with Gasteiger partial charge in [0.25, 0.3) is 0 Å². The molecule has 17 heavy (non-hydrogen) atoms. The molecular formula is C11H16N4O2. The number of aryl methyl sites for hydroxylation is 1. The highest BCUT2D eigenvalue weighted by atomic mass is 16.2. The molecule has 1 heterocycles. The molecule has 0 aliphatic carbocycles. The summed E-state index contributed by atoms with van der Waals surface area (Å²) in [6, 6.07) is 2.82. The van der Waals surface area contributed by atoms with Crippen molar-refractivity contribution in [3.05, 3.63) is 29.6 Å². The first-order chi connectivity index (χ1) is 7.99. The fourth-order valence-electron chi connectivity index (χ4n) is 1.23. The van der Waals surface area contributed by atoms with E-state index in [1.165, 1.54) is 0 Å². The Morgan fingerprint density at radius 3 is 2.71 bits per heavy atom. The van der Waals surface area contributed by atoms with Crippen molar-refractivity contribution in [1.29, 1.82) is 0 Å². The van der Waals surface area contributed by atoms with Gasteiger partial charge in [0.2, 0.25) is 11.8 Å². The molecule has 1 rings (SSSR count). The lowest BCUT2D eigenvalue weighted by atomic mass is 10.2. The topological polar surface area (TPSA) is 111 Å². The molecule has 0 aliphatic heterocycles. The van der Waals surface area contributed by atoms with Crippen LogP contribution >= 0.6 is 0 Å². The van der Waals surface area contributed by atoms with Crippen molar-refractivity contribution < 1.29 is 9.59 Å². The molecule has 1 aromatic heterocycles. The number of carbonyl (C=O) groups excluding carboxylic acids is 2. The maximum atomic E-state index is 11.5. The van der Waals surface area contributed by atoms with Crippen LogP contribution in [0, 0.1) is 6.92 Å². The molecule has 0 saturated carbocycles. The average molecular weight is 236 g/mol. The quantitative estimate of drug-likeness (QED) is 0.622. The van der Waals surface area contributed by atoms with Gasteiger partial charge in [0.05, 0.1) is 12.5 Å². The summed E-state index contributed by atoms with van der Waals surface area (Å²) in [6.45, 7) is 2.21. The SMILES string of the molecule is Cc1ccc(CNC(=O)C(N)CC(N)=O)cn1. The molecule has 0 fully saturated rings. The third-order valence-electron chi connectivity index (χ3n) is 2.20. The van der Waals surface area contributed by atoms with E-state index in [2.05, 4.69) is 10.3 Å². The Morgan fingerprint density at radius 2 is 2.18 bits per heavy atom. The third-order valence-corrected chi connectivity index (χ3v) is 2.20. The van der Waals surface area contributed by atoms with Gasteiger partial charge in [-0.2, -0.15) is 0 Å². The monoisotopic (exact) mass is 236 g/mol. The summed E-state index contributed by atoms with van der Waals surface area (Å²) < 4.78 is 0. The van der Waals surface area contributed by atoms with Gasteiger partial charge in [0, 0.05) is 18.4 Å². The smallest absolute Gasteiger partial charge is 0.237 e. The van der Waals surface area contributed by atoms with E-state index < -0.39 is 17.9 Å². The number of primary amides is 1. The second-order valence-electron chi connectivity index (χ2n) is 3.80. The molecular weight excluding hydrogens is 220 g/mol. The number of amides is 2. The lowest BCUT2D eigenvalue weighted by molar-refractivity contribution is -0.126. The number of carbonyl (C=O) groups is 2. The van der Waals surface area contributed by atoms with Crippen molar-refractivity contribution in [3.63, 3.8) is 0 Å². The maximum Gasteiger partial charge on any atom is 0.237 e. The number of hydrogen-bond acceptors (Lipinski definition) is 4. The van der Waals surface area contributed by atoms with Crippen molar-refractivity contribution in [1.82, 2.24) is 10.3 Å². The highest BCUT2D eigenvalue weighted by Crippen LogP contribution is 1.99. The molecule has 0 saturated heterocycles. The van der Waals surface area contributed by atoms with Crippen LogP contribution in [-0.4, -0.2) is 22.8 Å². The minimum atomic E-state index is -0.897. The largest absolute Gasteiger partial charge is 0.370 e. The van der Waals surface area contributed by atoms with Crippen molar-refractivity contribution >= 4 is 11.8 Å². The molecule has 1 unspecified atom stereocenters. The van der Waals surface area contributed by atoms with Crippen LogP contribution < -0.4 is 16.8 Å². The number of nitrogens with one attached hydrogen (secondary N) is 1. The third kappa shape index (κ3) is 4.60. The molecule has 0 aromatic carbocycles. The average Bonchev–Trinajstić information content (AvgIpc) is 2.27. The zero-order valence-electron chi connectivity index (χ0n) is 9.64. The first-order valence-electron chi connectivity index (χ1n) is 5.22. The normalized spacial score (nSPS) is 11.9. The zero-order valence-corrected chi connectivity index (χ0v) is 9.64. The van der Waals surface area contributed by atoms with E-state index in [0.29, 0.717) is 6.54 Å². The van der Waals surface area contributed by atoms with Gasteiger partial charge in [-0.15, -0.1) is 0 Å². The van der Waals surface area contributed by atoms with Crippen LogP contribution in [0.1, 0.15) is 17.7 Å². The number of pyridine rings is 1. The summed E-state index contributed by atoms with van der Waals surface area (Å²) >= 11 is 0. The molecule has 1 aromatic rings. The lowest BCUT2D eigenvalue weighted by Gasteiger charge is -2.10. The Labute approximate surface area is 99.4 Å². The van der Waals surface area contributed by atoms with Crippen molar-refractivity contribution in [2.45, 2.75) is 25.9 Å². The van der Waals surface area contributed by atoms with E-state index in [1.807, 2.05) is 19.1 Å². The molecule has 1 atom stereocenters. The molecule has 0 aliphatic rings. The standard InChI is InChI=1S/C11H16N4O2/c1-7-2-3-8(5-14-7)6-15-11(17)9(12)4-10(13)16/h2-3,5,9H,4,6,12H2,1H3,(H2,13,16)(H,15,17). The second kappa shape index (κ2) is 5.95. The first kappa shape index (κ1) is 13.1. The molecule has 0 radical (unpaired) electrons. The number of nitrogens with zero attached hydrogens (tertiary/aromatic N) is 1. The Balaban J connectivity index is 2.42. The maximum absolute atomic E-state index is 11.5. The van der Waals surface area contributed by atoms with Crippen LogP contribution in [0.3, 0.4) is 0 Å². The molecule has 92 valence electrons. The summed E-state index contributed by atoms with van der Waals surface area (Å²) in [6.07, 6.45) is 1.52. The van der Waals surface area contributed by atoms with Crippen LogP contribution in [-0.2, 0) is 16.1 Å². The van der Waals surface area contributed by atoms with E-state index in [1.54, 1.807) is 6.20 Å². The van der Waals surface area contributed by atoms with Crippen molar-refractivity contribution in [2.24, 2.45) is 11.5 Å². The molecule has 2 amide bonds. The predicted octanol–water partition coefficient (Wildman–Crippen LogP) is -0.791. The number of rotatable bonds is 5. The molecule has 0 bridgehead atoms.